The van der Waals surface area contributed by atoms with Crippen molar-refractivity contribution in [1.29, 1.82) is 0 Å². The van der Waals surface area contributed by atoms with Crippen LogP contribution in [0.5, 0.6) is 0 Å². The molecule has 2 heterocycles. The van der Waals surface area contributed by atoms with E-state index in [0.29, 0.717) is 0 Å². The van der Waals surface area contributed by atoms with E-state index < -0.39 is 0 Å². The van der Waals surface area contributed by atoms with Gasteiger partial charge in [0.15, 0.2) is 0 Å². The average molecular weight is 323 g/mol. The van der Waals surface area contributed by atoms with Gasteiger partial charge in [-0.15, -0.1) is 22.9 Å². The zero-order chi connectivity index (χ0) is 14.1. The van der Waals surface area contributed by atoms with E-state index >= 15 is 0 Å². The summed E-state index contributed by atoms with van der Waals surface area (Å²) >= 11 is 10.7. The molecule has 0 saturated heterocycles. The zero-order valence-corrected chi connectivity index (χ0v) is 14.3. The quantitative estimate of drug-likeness (QED) is 0.655. The Morgan fingerprint density at radius 2 is 2.10 bits per heavy atom. The third kappa shape index (κ3) is 3.08. The number of thiophene rings is 1. The standard InChI is InChI=1S/C17H19ClS2/c1-11-3-4-12(2)13(7-11)8-15(18)17-9-14-10-19-6-5-16(14)20-17/h3-4,7,9,15H,5-6,8,10H2,1-2H3. The van der Waals surface area contributed by atoms with Crippen molar-refractivity contribution >= 4 is 34.7 Å². The van der Waals surface area contributed by atoms with Crippen LogP contribution in [0.1, 0.15) is 37.4 Å². The SMILES string of the molecule is Cc1ccc(C)c(CC(Cl)c2cc3c(s2)CCSC3)c1. The predicted octanol–water partition coefficient (Wildman–Crippen LogP) is 5.68. The molecule has 0 nitrogen and oxygen atoms in total. The molecule has 0 radical (unpaired) electrons. The number of aryl methyl sites for hydroxylation is 3. The molecule has 2 aromatic rings. The van der Waals surface area contributed by atoms with Crippen LogP contribution in [-0.4, -0.2) is 5.75 Å². The topological polar surface area (TPSA) is 0 Å². The highest BCUT2D eigenvalue weighted by Crippen LogP contribution is 2.38. The van der Waals surface area contributed by atoms with E-state index in [1.807, 2.05) is 23.1 Å². The van der Waals surface area contributed by atoms with Gasteiger partial charge in [0.25, 0.3) is 0 Å². The minimum Gasteiger partial charge on any atom is -0.157 e. The van der Waals surface area contributed by atoms with Crippen molar-refractivity contribution in [2.24, 2.45) is 0 Å². The maximum absolute atomic E-state index is 6.69. The van der Waals surface area contributed by atoms with Crippen LogP contribution in [0.4, 0.5) is 0 Å². The van der Waals surface area contributed by atoms with Crippen molar-refractivity contribution in [1.82, 2.24) is 0 Å². The first kappa shape index (κ1) is 14.5. The Labute approximate surface area is 134 Å². The molecule has 1 aromatic heterocycles. The summed E-state index contributed by atoms with van der Waals surface area (Å²) in [5.41, 5.74) is 5.56. The monoisotopic (exact) mass is 322 g/mol. The van der Waals surface area contributed by atoms with Crippen molar-refractivity contribution in [3.8, 4) is 0 Å². The fraction of sp³-hybridized carbons (Fsp3) is 0.412. The highest BCUT2D eigenvalue weighted by atomic mass is 35.5. The summed E-state index contributed by atoms with van der Waals surface area (Å²) in [6, 6.07) is 8.98. The number of benzene rings is 1. The molecule has 0 spiro atoms. The first-order valence-electron chi connectivity index (χ1n) is 7.03. The number of hydrogen-bond acceptors (Lipinski definition) is 2. The molecule has 3 rings (SSSR count). The van der Waals surface area contributed by atoms with E-state index in [1.165, 1.54) is 45.1 Å². The predicted molar refractivity (Wildman–Crippen MR) is 92.4 cm³/mol. The summed E-state index contributed by atoms with van der Waals surface area (Å²) in [6.45, 7) is 4.32. The Hall–Kier alpha value is -0.440. The Bertz CT molecular complexity index is 592. The van der Waals surface area contributed by atoms with Crippen molar-refractivity contribution in [3.05, 3.63) is 56.3 Å². The van der Waals surface area contributed by atoms with Crippen molar-refractivity contribution in [3.63, 3.8) is 0 Å². The van der Waals surface area contributed by atoms with Crippen LogP contribution < -0.4 is 0 Å². The van der Waals surface area contributed by atoms with Crippen LogP contribution in [0.15, 0.2) is 24.3 Å². The molecule has 106 valence electrons. The van der Waals surface area contributed by atoms with Gasteiger partial charge < -0.3 is 0 Å². The summed E-state index contributed by atoms with van der Waals surface area (Å²) in [5.74, 6) is 2.43. The number of hydrogen-bond donors (Lipinski definition) is 0. The van der Waals surface area contributed by atoms with Gasteiger partial charge in [0, 0.05) is 15.5 Å². The molecule has 3 heteroatoms. The van der Waals surface area contributed by atoms with Gasteiger partial charge in [-0.05, 0) is 55.2 Å². The Kier molecular flexibility index (Phi) is 4.44. The molecule has 0 bridgehead atoms. The van der Waals surface area contributed by atoms with E-state index in [1.54, 1.807) is 4.88 Å². The number of alkyl halides is 1. The first-order chi connectivity index (χ1) is 9.63. The highest BCUT2D eigenvalue weighted by Gasteiger charge is 2.18. The molecule has 1 aromatic carbocycles. The van der Waals surface area contributed by atoms with Gasteiger partial charge in [0.1, 0.15) is 0 Å². The summed E-state index contributed by atoms with van der Waals surface area (Å²) < 4.78 is 0. The molecular weight excluding hydrogens is 304 g/mol. The molecule has 1 unspecified atom stereocenters. The normalized spacial score (nSPS) is 15.9. The maximum Gasteiger partial charge on any atom is 0.0719 e. The second kappa shape index (κ2) is 6.13. The zero-order valence-electron chi connectivity index (χ0n) is 11.9. The van der Waals surface area contributed by atoms with E-state index in [4.69, 9.17) is 11.6 Å². The summed E-state index contributed by atoms with van der Waals surface area (Å²) in [5, 5.41) is 0.108. The lowest BCUT2D eigenvalue weighted by molar-refractivity contribution is 0.926. The van der Waals surface area contributed by atoms with E-state index in [-0.39, 0.29) is 5.38 Å². The highest BCUT2D eigenvalue weighted by molar-refractivity contribution is 7.98. The van der Waals surface area contributed by atoms with Crippen LogP contribution in [0.2, 0.25) is 0 Å². The molecular formula is C17H19ClS2. The summed E-state index contributed by atoms with van der Waals surface area (Å²) in [6.07, 6.45) is 2.15. The Morgan fingerprint density at radius 3 is 2.90 bits per heavy atom. The third-order valence-electron chi connectivity index (χ3n) is 3.86. The van der Waals surface area contributed by atoms with Crippen LogP contribution in [0.25, 0.3) is 0 Å². The molecule has 1 aliphatic rings. The van der Waals surface area contributed by atoms with E-state index in [9.17, 15) is 0 Å². The smallest absolute Gasteiger partial charge is 0.0719 e. The second-order valence-electron chi connectivity index (χ2n) is 5.50. The van der Waals surface area contributed by atoms with Crippen LogP contribution in [-0.2, 0) is 18.6 Å². The lowest BCUT2D eigenvalue weighted by Crippen LogP contribution is -1.97. The van der Waals surface area contributed by atoms with Crippen molar-refractivity contribution in [2.75, 3.05) is 5.75 Å². The Morgan fingerprint density at radius 1 is 1.25 bits per heavy atom. The number of rotatable bonds is 3. The molecule has 0 amide bonds. The molecule has 1 atom stereocenters. The Balaban J connectivity index is 1.80. The van der Waals surface area contributed by atoms with Crippen molar-refractivity contribution in [2.45, 2.75) is 37.8 Å². The molecule has 0 aliphatic carbocycles. The minimum absolute atomic E-state index is 0.108. The minimum atomic E-state index is 0.108. The summed E-state index contributed by atoms with van der Waals surface area (Å²) in [4.78, 5) is 2.91. The van der Waals surface area contributed by atoms with E-state index in [2.05, 4.69) is 38.1 Å². The van der Waals surface area contributed by atoms with Crippen LogP contribution >= 0.6 is 34.7 Å². The van der Waals surface area contributed by atoms with Gasteiger partial charge in [-0.1, -0.05) is 23.8 Å². The number of thioether (sulfide) groups is 1. The third-order valence-corrected chi connectivity index (χ3v) is 6.74. The summed E-state index contributed by atoms with van der Waals surface area (Å²) in [7, 11) is 0. The molecule has 0 N–H and O–H groups in total. The van der Waals surface area contributed by atoms with Gasteiger partial charge in [0.2, 0.25) is 0 Å². The number of fused-ring (bicyclic) bond motifs is 1. The number of halogens is 1. The lowest BCUT2D eigenvalue weighted by Gasteiger charge is -2.11. The van der Waals surface area contributed by atoms with Gasteiger partial charge >= 0.3 is 0 Å². The second-order valence-corrected chi connectivity index (χ2v) is 8.30. The molecule has 0 saturated carbocycles. The fourth-order valence-corrected chi connectivity index (χ4v) is 5.36. The largest absolute Gasteiger partial charge is 0.157 e. The lowest BCUT2D eigenvalue weighted by atomic mass is 10.0. The van der Waals surface area contributed by atoms with Gasteiger partial charge in [0.05, 0.1) is 5.38 Å². The van der Waals surface area contributed by atoms with Gasteiger partial charge in [-0.3, -0.25) is 0 Å². The van der Waals surface area contributed by atoms with Crippen LogP contribution in [0, 0.1) is 13.8 Å². The fourth-order valence-electron chi connectivity index (χ4n) is 2.64. The maximum atomic E-state index is 6.69. The van der Waals surface area contributed by atoms with Crippen molar-refractivity contribution < 1.29 is 0 Å². The molecule has 1 aliphatic heterocycles. The molecule has 0 fully saturated rings. The molecule has 20 heavy (non-hydrogen) atoms. The average Bonchev–Trinajstić information content (AvgIpc) is 2.87. The van der Waals surface area contributed by atoms with Gasteiger partial charge in [-0.25, -0.2) is 0 Å². The van der Waals surface area contributed by atoms with E-state index in [0.717, 1.165) is 6.42 Å². The van der Waals surface area contributed by atoms with Crippen LogP contribution in [0.3, 0.4) is 0 Å². The van der Waals surface area contributed by atoms with Gasteiger partial charge in [-0.2, -0.15) is 11.8 Å². The first-order valence-corrected chi connectivity index (χ1v) is 9.43.